The van der Waals surface area contributed by atoms with E-state index in [4.69, 9.17) is 10.4 Å². The monoisotopic (exact) mass is 238 g/mol. The Bertz CT molecular complexity index is 555. The molecule has 2 N–H and O–H groups in total. The summed E-state index contributed by atoms with van der Waals surface area (Å²) < 4.78 is 0. The van der Waals surface area contributed by atoms with Crippen LogP contribution >= 0.6 is 0 Å². The molecule has 0 radical (unpaired) electrons. The molecule has 0 aliphatic carbocycles. The summed E-state index contributed by atoms with van der Waals surface area (Å²) in [5.74, 6) is 0.278. The number of aromatic hydroxyl groups is 1. The molecule has 0 saturated carbocycles. The number of hydrogen-bond acceptors (Lipinski definition) is 3. The van der Waals surface area contributed by atoms with E-state index in [-0.39, 0.29) is 5.75 Å². The van der Waals surface area contributed by atoms with Crippen molar-refractivity contribution < 1.29 is 5.11 Å². The molecule has 3 nitrogen and oxygen atoms in total. The number of phenols is 1. The third-order valence-electron chi connectivity index (χ3n) is 2.65. The minimum Gasteiger partial charge on any atom is -0.508 e. The van der Waals surface area contributed by atoms with Gasteiger partial charge in [-0.1, -0.05) is 24.3 Å². The molecule has 0 aromatic heterocycles. The van der Waals surface area contributed by atoms with Crippen molar-refractivity contribution >= 4 is 0 Å². The molecule has 0 saturated heterocycles. The molecule has 0 aliphatic heterocycles. The van der Waals surface area contributed by atoms with Gasteiger partial charge in [0.05, 0.1) is 11.6 Å². The topological polar surface area (TPSA) is 56.0 Å². The largest absolute Gasteiger partial charge is 0.508 e. The Balaban J connectivity index is 1.88. The zero-order valence-corrected chi connectivity index (χ0v) is 9.93. The zero-order chi connectivity index (χ0) is 12.8. The number of hydrogen-bond donors (Lipinski definition) is 2. The van der Waals surface area contributed by atoms with Crippen LogP contribution in [0.2, 0.25) is 0 Å². The Kier molecular flexibility index (Phi) is 3.95. The molecule has 0 amide bonds. The zero-order valence-electron chi connectivity index (χ0n) is 9.93. The van der Waals surface area contributed by atoms with Gasteiger partial charge >= 0.3 is 0 Å². The van der Waals surface area contributed by atoms with Gasteiger partial charge in [0.25, 0.3) is 0 Å². The molecule has 0 bridgehead atoms. The van der Waals surface area contributed by atoms with Crippen molar-refractivity contribution in [3.8, 4) is 11.8 Å². The van der Waals surface area contributed by atoms with Crippen LogP contribution in [0, 0.1) is 11.3 Å². The van der Waals surface area contributed by atoms with Gasteiger partial charge in [-0.2, -0.15) is 5.26 Å². The Morgan fingerprint density at radius 1 is 1.00 bits per heavy atom. The minimum atomic E-state index is 0.278. The summed E-state index contributed by atoms with van der Waals surface area (Å²) in [4.78, 5) is 0. The summed E-state index contributed by atoms with van der Waals surface area (Å²) in [6, 6.07) is 16.8. The summed E-state index contributed by atoms with van der Waals surface area (Å²) in [5.41, 5.74) is 2.89. The fourth-order valence-corrected chi connectivity index (χ4v) is 1.72. The van der Waals surface area contributed by atoms with Gasteiger partial charge in [-0.25, -0.2) is 0 Å². The molecular formula is C15H14N2O. The van der Waals surface area contributed by atoms with Crippen molar-refractivity contribution in [2.24, 2.45) is 0 Å². The van der Waals surface area contributed by atoms with Gasteiger partial charge in [0.1, 0.15) is 5.75 Å². The molecular weight excluding hydrogens is 224 g/mol. The van der Waals surface area contributed by atoms with Gasteiger partial charge in [0, 0.05) is 13.1 Å². The maximum Gasteiger partial charge on any atom is 0.115 e. The molecule has 0 spiro atoms. The lowest BCUT2D eigenvalue weighted by atomic mass is 10.1. The highest BCUT2D eigenvalue weighted by atomic mass is 16.3. The molecule has 0 heterocycles. The van der Waals surface area contributed by atoms with E-state index in [1.807, 2.05) is 30.3 Å². The smallest absolute Gasteiger partial charge is 0.115 e. The molecule has 0 atom stereocenters. The first-order valence-electron chi connectivity index (χ1n) is 5.75. The van der Waals surface area contributed by atoms with Crippen molar-refractivity contribution in [3.05, 3.63) is 65.2 Å². The second kappa shape index (κ2) is 5.85. The minimum absolute atomic E-state index is 0.278. The predicted molar refractivity (Wildman–Crippen MR) is 69.8 cm³/mol. The first-order chi connectivity index (χ1) is 8.78. The molecule has 18 heavy (non-hydrogen) atoms. The number of benzene rings is 2. The highest BCUT2D eigenvalue weighted by molar-refractivity contribution is 5.32. The standard InChI is InChI=1S/C15H14N2O/c16-9-13-2-1-3-14(8-13)11-17-10-12-4-6-15(18)7-5-12/h1-8,17-18H,10-11H2. The molecule has 0 unspecified atom stereocenters. The van der Waals surface area contributed by atoms with Crippen LogP contribution in [0.5, 0.6) is 5.75 Å². The maximum atomic E-state index is 9.17. The van der Waals surface area contributed by atoms with E-state index in [9.17, 15) is 0 Å². The van der Waals surface area contributed by atoms with E-state index in [1.165, 1.54) is 0 Å². The second-order valence-corrected chi connectivity index (χ2v) is 4.08. The van der Waals surface area contributed by atoms with Gasteiger partial charge in [-0.05, 0) is 35.4 Å². The number of nitriles is 1. The van der Waals surface area contributed by atoms with Gasteiger partial charge in [0.15, 0.2) is 0 Å². The van der Waals surface area contributed by atoms with Crippen molar-refractivity contribution in [2.45, 2.75) is 13.1 Å². The molecule has 2 rings (SSSR count). The number of rotatable bonds is 4. The average molecular weight is 238 g/mol. The Morgan fingerprint density at radius 3 is 2.44 bits per heavy atom. The maximum absolute atomic E-state index is 9.17. The number of nitrogens with zero attached hydrogens (tertiary/aromatic N) is 1. The van der Waals surface area contributed by atoms with Crippen LogP contribution in [0.4, 0.5) is 0 Å². The molecule has 2 aromatic carbocycles. The third-order valence-corrected chi connectivity index (χ3v) is 2.65. The van der Waals surface area contributed by atoms with Gasteiger partial charge in [-0.15, -0.1) is 0 Å². The number of nitrogens with one attached hydrogen (secondary N) is 1. The summed E-state index contributed by atoms with van der Waals surface area (Å²) in [6.07, 6.45) is 0. The molecule has 3 heteroatoms. The van der Waals surface area contributed by atoms with Crippen LogP contribution in [-0.2, 0) is 13.1 Å². The first kappa shape index (κ1) is 12.2. The fourth-order valence-electron chi connectivity index (χ4n) is 1.72. The van der Waals surface area contributed by atoms with E-state index in [1.54, 1.807) is 18.2 Å². The summed E-state index contributed by atoms with van der Waals surface area (Å²) in [7, 11) is 0. The van der Waals surface area contributed by atoms with E-state index < -0.39 is 0 Å². The first-order valence-corrected chi connectivity index (χ1v) is 5.75. The summed E-state index contributed by atoms with van der Waals surface area (Å²) in [5, 5.41) is 21.3. The van der Waals surface area contributed by atoms with Gasteiger partial charge in [0.2, 0.25) is 0 Å². The van der Waals surface area contributed by atoms with E-state index in [2.05, 4.69) is 11.4 Å². The number of phenolic OH excluding ortho intramolecular Hbond substituents is 1. The predicted octanol–water partition coefficient (Wildman–Crippen LogP) is 2.55. The Morgan fingerprint density at radius 2 is 1.72 bits per heavy atom. The van der Waals surface area contributed by atoms with E-state index in [0.29, 0.717) is 5.56 Å². The van der Waals surface area contributed by atoms with E-state index in [0.717, 1.165) is 24.2 Å². The van der Waals surface area contributed by atoms with Crippen LogP contribution in [0.3, 0.4) is 0 Å². The SMILES string of the molecule is N#Cc1cccc(CNCc2ccc(O)cc2)c1. The van der Waals surface area contributed by atoms with Crippen molar-refractivity contribution in [2.75, 3.05) is 0 Å². The highest BCUT2D eigenvalue weighted by Gasteiger charge is 1.96. The summed E-state index contributed by atoms with van der Waals surface area (Å²) in [6.45, 7) is 1.45. The van der Waals surface area contributed by atoms with Crippen LogP contribution in [-0.4, -0.2) is 5.11 Å². The van der Waals surface area contributed by atoms with Crippen LogP contribution < -0.4 is 5.32 Å². The Hall–Kier alpha value is -2.31. The molecule has 0 aliphatic rings. The average Bonchev–Trinajstić information content (AvgIpc) is 2.41. The third kappa shape index (κ3) is 3.34. The quantitative estimate of drug-likeness (QED) is 0.860. The summed E-state index contributed by atoms with van der Waals surface area (Å²) >= 11 is 0. The molecule has 2 aromatic rings. The van der Waals surface area contributed by atoms with Crippen molar-refractivity contribution in [1.82, 2.24) is 5.32 Å². The Labute approximate surface area is 106 Å². The molecule has 90 valence electrons. The van der Waals surface area contributed by atoms with Crippen LogP contribution in [0.25, 0.3) is 0 Å². The van der Waals surface area contributed by atoms with E-state index >= 15 is 0 Å². The van der Waals surface area contributed by atoms with Crippen molar-refractivity contribution in [1.29, 1.82) is 5.26 Å². The molecule has 0 fully saturated rings. The fraction of sp³-hybridized carbons (Fsp3) is 0.133. The van der Waals surface area contributed by atoms with Gasteiger partial charge in [-0.3, -0.25) is 0 Å². The normalized spacial score (nSPS) is 9.94. The van der Waals surface area contributed by atoms with Crippen LogP contribution in [0.1, 0.15) is 16.7 Å². The highest BCUT2D eigenvalue weighted by Crippen LogP contribution is 2.09. The lowest BCUT2D eigenvalue weighted by molar-refractivity contribution is 0.475. The lowest BCUT2D eigenvalue weighted by Crippen LogP contribution is -2.12. The van der Waals surface area contributed by atoms with Crippen LogP contribution in [0.15, 0.2) is 48.5 Å². The second-order valence-electron chi connectivity index (χ2n) is 4.08. The van der Waals surface area contributed by atoms with Crippen molar-refractivity contribution in [3.63, 3.8) is 0 Å². The van der Waals surface area contributed by atoms with Gasteiger partial charge < -0.3 is 10.4 Å². The lowest BCUT2D eigenvalue weighted by Gasteiger charge is -2.05.